The van der Waals surface area contributed by atoms with E-state index in [0.717, 1.165) is 6.42 Å². The molecule has 0 amide bonds. The summed E-state index contributed by atoms with van der Waals surface area (Å²) in [6.07, 6.45) is 19.1. The fourth-order valence-electron chi connectivity index (χ4n) is 3.06. The van der Waals surface area contributed by atoms with Gasteiger partial charge in [0, 0.05) is 0 Å². The van der Waals surface area contributed by atoms with Gasteiger partial charge in [0.2, 0.25) is 0 Å². The molecule has 1 aromatic carbocycles. The molecule has 0 radical (unpaired) electrons. The molecule has 0 unspecified atom stereocenters. The summed E-state index contributed by atoms with van der Waals surface area (Å²) in [4.78, 5) is 0. The maximum atomic E-state index is 9.60. The molecule has 0 aliphatic carbocycles. The number of hydrogen-bond donors (Lipinski definition) is 1. The zero-order valence-electron chi connectivity index (χ0n) is 16.2. The van der Waals surface area contributed by atoms with Gasteiger partial charge in [-0.25, -0.2) is 0 Å². The van der Waals surface area contributed by atoms with E-state index in [4.69, 9.17) is 4.74 Å². The van der Waals surface area contributed by atoms with Crippen LogP contribution in [0.15, 0.2) is 24.3 Å². The second-order valence-electron chi connectivity index (χ2n) is 6.91. The average Bonchev–Trinajstić information content (AvgIpc) is 2.60. The molecule has 0 atom stereocenters. The fourth-order valence-corrected chi connectivity index (χ4v) is 3.06. The first kappa shape index (κ1) is 24.1. The Bertz CT molecular complexity index is 395. The molecule has 146 valence electrons. The van der Waals surface area contributed by atoms with Gasteiger partial charge in [-0.3, -0.25) is 0 Å². The summed E-state index contributed by atoms with van der Waals surface area (Å²) >= 11 is 0. The Hall–Kier alpha value is -0.890. The van der Waals surface area contributed by atoms with Crippen molar-refractivity contribution in [3.63, 3.8) is 0 Å². The van der Waals surface area contributed by atoms with Crippen LogP contribution in [0.4, 0.5) is 0 Å². The molecular formula is C22H39ClO2. The van der Waals surface area contributed by atoms with E-state index in [9.17, 15) is 5.11 Å². The Kier molecular flexibility index (Phi) is 17.3. The summed E-state index contributed by atoms with van der Waals surface area (Å²) in [6.45, 7) is 2.98. The third-order valence-corrected chi connectivity index (χ3v) is 4.62. The minimum absolute atomic E-state index is 0. The van der Waals surface area contributed by atoms with Crippen molar-refractivity contribution < 1.29 is 9.84 Å². The number of phenolic OH excluding ortho intramolecular Hbond substituents is 1. The Morgan fingerprint density at radius 3 is 1.60 bits per heavy atom. The summed E-state index contributed by atoms with van der Waals surface area (Å²) in [5.41, 5.74) is 0. The van der Waals surface area contributed by atoms with Crippen LogP contribution in [-0.2, 0) is 0 Å². The van der Waals surface area contributed by atoms with Crippen LogP contribution >= 0.6 is 12.4 Å². The first-order chi connectivity index (χ1) is 11.8. The van der Waals surface area contributed by atoms with Crippen LogP contribution in [0.25, 0.3) is 0 Å². The topological polar surface area (TPSA) is 29.5 Å². The maximum absolute atomic E-state index is 9.60. The summed E-state index contributed by atoms with van der Waals surface area (Å²) in [6, 6.07) is 7.19. The molecule has 0 spiro atoms. The van der Waals surface area contributed by atoms with E-state index in [0.29, 0.717) is 12.4 Å². The largest absolute Gasteiger partial charge is 0.504 e. The Morgan fingerprint density at radius 1 is 0.680 bits per heavy atom. The molecule has 1 N–H and O–H groups in total. The summed E-state index contributed by atoms with van der Waals surface area (Å²) < 4.78 is 5.59. The number of aromatic hydroxyl groups is 1. The minimum atomic E-state index is 0. The molecule has 1 rings (SSSR count). The number of rotatable bonds is 16. The van der Waals surface area contributed by atoms with Gasteiger partial charge in [-0.15, -0.1) is 12.4 Å². The Morgan fingerprint density at radius 2 is 1.12 bits per heavy atom. The summed E-state index contributed by atoms with van der Waals surface area (Å²) in [5.74, 6) is 0.843. The molecule has 1 aromatic rings. The summed E-state index contributed by atoms with van der Waals surface area (Å²) in [7, 11) is 0. The van der Waals surface area contributed by atoms with E-state index in [1.54, 1.807) is 6.07 Å². The average molecular weight is 371 g/mol. The van der Waals surface area contributed by atoms with Gasteiger partial charge in [-0.1, -0.05) is 103 Å². The number of benzene rings is 1. The summed E-state index contributed by atoms with van der Waals surface area (Å²) in [5, 5.41) is 9.60. The van der Waals surface area contributed by atoms with Crippen molar-refractivity contribution in [2.24, 2.45) is 0 Å². The van der Waals surface area contributed by atoms with Crippen molar-refractivity contribution in [3.05, 3.63) is 24.3 Å². The highest BCUT2D eigenvalue weighted by molar-refractivity contribution is 5.85. The third-order valence-electron chi connectivity index (χ3n) is 4.62. The Balaban J connectivity index is 0.00000576. The van der Waals surface area contributed by atoms with Crippen molar-refractivity contribution in [1.82, 2.24) is 0 Å². The van der Waals surface area contributed by atoms with Gasteiger partial charge in [0.25, 0.3) is 0 Å². The van der Waals surface area contributed by atoms with Crippen molar-refractivity contribution in [1.29, 1.82) is 0 Å². The van der Waals surface area contributed by atoms with E-state index in [-0.39, 0.29) is 18.2 Å². The van der Waals surface area contributed by atoms with Gasteiger partial charge in [0.1, 0.15) is 0 Å². The van der Waals surface area contributed by atoms with Crippen LogP contribution in [0.1, 0.15) is 96.8 Å². The van der Waals surface area contributed by atoms with E-state index in [2.05, 4.69) is 6.92 Å². The van der Waals surface area contributed by atoms with Crippen LogP contribution in [0.5, 0.6) is 11.5 Å². The molecule has 0 bridgehead atoms. The molecule has 0 heterocycles. The molecule has 0 aliphatic heterocycles. The lowest BCUT2D eigenvalue weighted by Crippen LogP contribution is -1.97. The van der Waals surface area contributed by atoms with Gasteiger partial charge < -0.3 is 9.84 Å². The quantitative estimate of drug-likeness (QED) is 0.302. The van der Waals surface area contributed by atoms with E-state index < -0.39 is 0 Å². The van der Waals surface area contributed by atoms with Crippen LogP contribution in [0.3, 0.4) is 0 Å². The van der Waals surface area contributed by atoms with Gasteiger partial charge in [-0.2, -0.15) is 0 Å². The van der Waals surface area contributed by atoms with E-state index in [1.165, 1.54) is 83.5 Å². The van der Waals surface area contributed by atoms with Crippen molar-refractivity contribution in [2.45, 2.75) is 96.8 Å². The van der Waals surface area contributed by atoms with Crippen LogP contribution < -0.4 is 4.74 Å². The smallest absolute Gasteiger partial charge is 0.160 e. The predicted octanol–water partition coefficient (Wildman–Crippen LogP) is 7.67. The molecule has 0 saturated carbocycles. The molecule has 0 aromatic heterocycles. The van der Waals surface area contributed by atoms with Gasteiger partial charge in [0.05, 0.1) is 6.61 Å². The van der Waals surface area contributed by atoms with Crippen LogP contribution in [-0.4, -0.2) is 11.7 Å². The highest BCUT2D eigenvalue weighted by Gasteiger charge is 1.99. The number of para-hydroxylation sites is 2. The normalized spacial score (nSPS) is 10.4. The van der Waals surface area contributed by atoms with Crippen LogP contribution in [0, 0.1) is 0 Å². The minimum Gasteiger partial charge on any atom is -0.504 e. The van der Waals surface area contributed by atoms with Crippen molar-refractivity contribution in [2.75, 3.05) is 6.61 Å². The number of phenols is 1. The first-order valence-corrected chi connectivity index (χ1v) is 10.3. The lowest BCUT2D eigenvalue weighted by molar-refractivity contribution is 0.288. The molecule has 0 saturated heterocycles. The molecule has 25 heavy (non-hydrogen) atoms. The van der Waals surface area contributed by atoms with E-state index in [1.807, 2.05) is 18.2 Å². The number of hydrogen-bond acceptors (Lipinski definition) is 2. The zero-order chi connectivity index (χ0) is 17.3. The second-order valence-corrected chi connectivity index (χ2v) is 6.91. The molecule has 3 heteroatoms. The van der Waals surface area contributed by atoms with Crippen molar-refractivity contribution >= 4 is 12.4 Å². The van der Waals surface area contributed by atoms with Gasteiger partial charge >= 0.3 is 0 Å². The molecule has 0 fully saturated rings. The lowest BCUT2D eigenvalue weighted by Gasteiger charge is -2.07. The standard InChI is InChI=1S/C22H38O2.ClH/c1-2-3-4-5-6-7-8-9-10-11-12-13-14-17-20-24-22-19-16-15-18-21(22)23;/h15-16,18-19,23H,2-14,17,20H2,1H3;1H. The zero-order valence-corrected chi connectivity index (χ0v) is 17.0. The van der Waals surface area contributed by atoms with E-state index >= 15 is 0 Å². The molecule has 2 nitrogen and oxygen atoms in total. The molecular weight excluding hydrogens is 332 g/mol. The van der Waals surface area contributed by atoms with Crippen molar-refractivity contribution in [3.8, 4) is 11.5 Å². The maximum Gasteiger partial charge on any atom is 0.160 e. The first-order valence-electron chi connectivity index (χ1n) is 10.3. The highest BCUT2D eigenvalue weighted by Crippen LogP contribution is 2.24. The SMILES string of the molecule is CCCCCCCCCCCCCCCCOc1ccccc1O.Cl. The fraction of sp³-hybridized carbons (Fsp3) is 0.727. The second kappa shape index (κ2) is 17.9. The number of halogens is 1. The van der Waals surface area contributed by atoms with Crippen LogP contribution in [0.2, 0.25) is 0 Å². The highest BCUT2D eigenvalue weighted by atomic mass is 35.5. The lowest BCUT2D eigenvalue weighted by atomic mass is 10.0. The van der Waals surface area contributed by atoms with Gasteiger partial charge in [0.15, 0.2) is 11.5 Å². The predicted molar refractivity (Wildman–Crippen MR) is 111 cm³/mol. The van der Waals surface area contributed by atoms with Gasteiger partial charge in [-0.05, 0) is 18.6 Å². The third kappa shape index (κ3) is 14.0. The number of unbranched alkanes of at least 4 members (excludes halogenated alkanes) is 13. The molecule has 0 aliphatic rings. The Labute approximate surface area is 161 Å². The number of ether oxygens (including phenoxy) is 1. The monoisotopic (exact) mass is 370 g/mol.